The minimum atomic E-state index is -0.327. The van der Waals surface area contributed by atoms with Crippen molar-refractivity contribution in [2.45, 2.75) is 38.5 Å². The predicted octanol–water partition coefficient (Wildman–Crippen LogP) is 14.2. The standard InChI is InChI=1S/C56H42N4O/c1-55(2)45-30-42-39-21-20-36(61-5)28-40(39)37-16-8-9-17-38(37)41(42)29-43(45)44-31-48-54(32-46(44)55)60(53-25-34-15-7-6-14-33(34)24-47(53)56(48,3)4)35-26-51(49-18-10-12-22-57-49)59-52(27-35)50-19-11-13-23-58-50/h6-32H,1-5H3. The van der Waals surface area contributed by atoms with Crippen LogP contribution >= 0.6 is 0 Å². The van der Waals surface area contributed by atoms with E-state index in [1.54, 1.807) is 7.11 Å². The van der Waals surface area contributed by atoms with Gasteiger partial charge in [0.1, 0.15) is 5.75 Å². The van der Waals surface area contributed by atoms with Gasteiger partial charge < -0.3 is 9.64 Å². The third kappa shape index (κ3) is 5.16. The molecule has 0 saturated heterocycles. The highest BCUT2D eigenvalue weighted by atomic mass is 16.5. The van der Waals surface area contributed by atoms with Crippen LogP contribution in [0, 0.1) is 0 Å². The van der Waals surface area contributed by atoms with Crippen LogP contribution in [0.5, 0.6) is 5.75 Å². The summed E-state index contributed by atoms with van der Waals surface area (Å²) in [6.07, 6.45) is 3.67. The topological polar surface area (TPSA) is 51.1 Å². The van der Waals surface area contributed by atoms with Gasteiger partial charge >= 0.3 is 0 Å². The number of pyridine rings is 3. The largest absolute Gasteiger partial charge is 0.497 e. The fourth-order valence-electron chi connectivity index (χ4n) is 10.4. The predicted molar refractivity (Wildman–Crippen MR) is 252 cm³/mol. The molecule has 1 aliphatic heterocycles. The van der Waals surface area contributed by atoms with E-state index in [9.17, 15) is 0 Å². The lowest BCUT2D eigenvalue weighted by molar-refractivity contribution is 0.415. The molecule has 292 valence electrons. The first-order chi connectivity index (χ1) is 29.7. The number of methoxy groups -OCH3 is 1. The van der Waals surface area contributed by atoms with Crippen molar-refractivity contribution in [1.82, 2.24) is 15.0 Å². The summed E-state index contributed by atoms with van der Waals surface area (Å²) in [6, 6.07) is 55.2. The fraction of sp³-hybridized carbons (Fsp3) is 0.125. The Bertz CT molecular complexity index is 3410. The number of anilines is 3. The summed E-state index contributed by atoms with van der Waals surface area (Å²) in [5.41, 5.74) is 13.8. The molecule has 0 atom stereocenters. The van der Waals surface area contributed by atoms with Gasteiger partial charge in [0.25, 0.3) is 0 Å². The van der Waals surface area contributed by atoms with Crippen molar-refractivity contribution in [2.75, 3.05) is 12.0 Å². The molecule has 5 heteroatoms. The van der Waals surface area contributed by atoms with Crippen molar-refractivity contribution >= 4 is 60.2 Å². The second-order valence-corrected chi connectivity index (χ2v) is 17.6. The van der Waals surface area contributed by atoms with Gasteiger partial charge in [0.2, 0.25) is 0 Å². The molecule has 2 aliphatic rings. The summed E-state index contributed by atoms with van der Waals surface area (Å²) in [6.45, 7) is 9.58. The molecule has 61 heavy (non-hydrogen) atoms. The molecule has 7 aromatic carbocycles. The molecule has 0 fully saturated rings. The van der Waals surface area contributed by atoms with Crippen LogP contribution in [0.15, 0.2) is 164 Å². The second kappa shape index (κ2) is 12.8. The lowest BCUT2D eigenvalue weighted by Crippen LogP contribution is -2.31. The lowest BCUT2D eigenvalue weighted by Gasteiger charge is -2.43. The molecule has 0 bridgehead atoms. The van der Waals surface area contributed by atoms with Gasteiger partial charge in [-0.15, -0.1) is 0 Å². The number of rotatable bonds is 4. The summed E-state index contributed by atoms with van der Waals surface area (Å²) in [4.78, 5) is 17.2. The number of ether oxygens (including phenoxy) is 1. The van der Waals surface area contributed by atoms with Gasteiger partial charge in [-0.25, -0.2) is 4.98 Å². The number of hydrogen-bond acceptors (Lipinski definition) is 5. The Morgan fingerprint density at radius 3 is 1.61 bits per heavy atom. The van der Waals surface area contributed by atoms with Crippen molar-refractivity contribution in [3.63, 3.8) is 0 Å². The van der Waals surface area contributed by atoms with Crippen LogP contribution in [0.25, 0.3) is 77.0 Å². The molecule has 0 unspecified atom stereocenters. The zero-order chi connectivity index (χ0) is 41.2. The minimum Gasteiger partial charge on any atom is -0.497 e. The van der Waals surface area contributed by atoms with E-state index in [-0.39, 0.29) is 10.8 Å². The molecule has 0 N–H and O–H groups in total. The highest BCUT2D eigenvalue weighted by Gasteiger charge is 2.43. The first-order valence-electron chi connectivity index (χ1n) is 21.0. The summed E-state index contributed by atoms with van der Waals surface area (Å²) < 4.78 is 5.73. The zero-order valence-electron chi connectivity index (χ0n) is 34.8. The van der Waals surface area contributed by atoms with Crippen molar-refractivity contribution in [3.8, 4) is 39.7 Å². The van der Waals surface area contributed by atoms with E-state index in [1.165, 1.54) is 82.2 Å². The number of nitrogens with zero attached hydrogens (tertiary/aromatic N) is 4. The smallest absolute Gasteiger partial charge is 0.119 e. The molecule has 12 rings (SSSR count). The fourth-order valence-corrected chi connectivity index (χ4v) is 10.4. The average Bonchev–Trinajstić information content (AvgIpc) is 3.52. The number of hydrogen-bond donors (Lipinski definition) is 0. The molecule has 5 nitrogen and oxygen atoms in total. The minimum absolute atomic E-state index is 0.283. The van der Waals surface area contributed by atoms with Crippen LogP contribution in [0.4, 0.5) is 17.1 Å². The van der Waals surface area contributed by atoms with Crippen LogP contribution < -0.4 is 9.64 Å². The van der Waals surface area contributed by atoms with Crippen molar-refractivity contribution < 1.29 is 4.74 Å². The van der Waals surface area contributed by atoms with Crippen molar-refractivity contribution in [3.05, 3.63) is 186 Å². The maximum absolute atomic E-state index is 5.73. The Balaban J connectivity index is 1.15. The monoisotopic (exact) mass is 786 g/mol. The van der Waals surface area contributed by atoms with Gasteiger partial charge in [0, 0.05) is 23.2 Å². The van der Waals surface area contributed by atoms with Gasteiger partial charge in [0.15, 0.2) is 0 Å². The molecule has 0 saturated carbocycles. The number of fused-ring (bicyclic) bond motifs is 12. The Morgan fingerprint density at radius 1 is 0.426 bits per heavy atom. The van der Waals surface area contributed by atoms with E-state index in [2.05, 4.69) is 148 Å². The van der Waals surface area contributed by atoms with E-state index >= 15 is 0 Å². The molecule has 3 aromatic heterocycles. The van der Waals surface area contributed by atoms with Crippen LogP contribution in [-0.2, 0) is 10.8 Å². The molecule has 0 amide bonds. The summed E-state index contributed by atoms with van der Waals surface area (Å²) >= 11 is 0. The summed E-state index contributed by atoms with van der Waals surface area (Å²) in [5.74, 6) is 0.867. The third-order valence-corrected chi connectivity index (χ3v) is 13.6. The molecule has 0 spiro atoms. The molecule has 0 radical (unpaired) electrons. The van der Waals surface area contributed by atoms with E-state index in [0.717, 1.165) is 39.9 Å². The molecular weight excluding hydrogens is 745 g/mol. The van der Waals surface area contributed by atoms with Crippen molar-refractivity contribution in [1.29, 1.82) is 0 Å². The average molecular weight is 787 g/mol. The Morgan fingerprint density at radius 2 is 0.951 bits per heavy atom. The SMILES string of the molecule is COc1ccc2c(c1)c1ccccc1c1cc3c(cc21)C(C)(C)c1cc2c(cc1-3)C(C)(C)c1cc3ccccc3cc1N2c1cc(-c2ccccn2)nc(-c2ccccn2)c1. The van der Waals surface area contributed by atoms with Crippen LogP contribution in [0.2, 0.25) is 0 Å². The molecule has 4 heterocycles. The second-order valence-electron chi connectivity index (χ2n) is 17.6. The Labute approximate surface area is 355 Å². The van der Waals surface area contributed by atoms with Crippen LogP contribution in [0.1, 0.15) is 49.9 Å². The Hall–Kier alpha value is -7.37. The summed E-state index contributed by atoms with van der Waals surface area (Å²) in [5, 5.41) is 9.90. The van der Waals surface area contributed by atoms with Crippen LogP contribution in [0.3, 0.4) is 0 Å². The van der Waals surface area contributed by atoms with Gasteiger partial charge in [0.05, 0.1) is 46.9 Å². The quantitative estimate of drug-likeness (QED) is 0.166. The van der Waals surface area contributed by atoms with Crippen LogP contribution in [-0.4, -0.2) is 22.1 Å². The summed E-state index contributed by atoms with van der Waals surface area (Å²) in [7, 11) is 1.74. The van der Waals surface area contributed by atoms with E-state index in [1.807, 2.05) is 48.8 Å². The maximum Gasteiger partial charge on any atom is 0.119 e. The van der Waals surface area contributed by atoms with Gasteiger partial charge in [-0.2, -0.15) is 0 Å². The molecule has 10 aromatic rings. The van der Waals surface area contributed by atoms with E-state index in [0.29, 0.717) is 0 Å². The Kier molecular flexibility index (Phi) is 7.47. The molecule has 1 aliphatic carbocycles. The first-order valence-corrected chi connectivity index (χ1v) is 21.0. The maximum atomic E-state index is 5.73. The van der Waals surface area contributed by atoms with Gasteiger partial charge in [-0.1, -0.05) is 94.4 Å². The van der Waals surface area contributed by atoms with Gasteiger partial charge in [-0.05, 0) is 161 Å². The highest BCUT2D eigenvalue weighted by Crippen LogP contribution is 2.59. The number of aromatic nitrogens is 3. The highest BCUT2D eigenvalue weighted by molar-refractivity contribution is 6.26. The van der Waals surface area contributed by atoms with Gasteiger partial charge in [-0.3, -0.25) is 9.97 Å². The normalized spacial score (nSPS) is 14.5. The van der Waals surface area contributed by atoms with E-state index < -0.39 is 0 Å². The number of benzene rings is 7. The van der Waals surface area contributed by atoms with E-state index in [4.69, 9.17) is 19.7 Å². The zero-order valence-corrected chi connectivity index (χ0v) is 34.8. The third-order valence-electron chi connectivity index (χ3n) is 13.6. The molecular formula is C56H42N4O. The first kappa shape index (κ1) is 35.6. The lowest BCUT2D eigenvalue weighted by atomic mass is 9.71. The van der Waals surface area contributed by atoms with Crippen molar-refractivity contribution in [2.24, 2.45) is 0 Å².